The number of carboxylic acid groups (broad SMARTS) is 1. The fraction of sp³-hybridized carbons (Fsp3) is 0.400. The van der Waals surface area contributed by atoms with Crippen molar-refractivity contribution in [2.75, 3.05) is 32.1 Å². The number of nitriles is 2. The van der Waals surface area contributed by atoms with Crippen molar-refractivity contribution in [3.63, 3.8) is 0 Å². The Bertz CT molecular complexity index is 1150. The van der Waals surface area contributed by atoms with Crippen molar-refractivity contribution in [1.29, 1.82) is 10.5 Å². The van der Waals surface area contributed by atoms with Gasteiger partial charge in [-0.25, -0.2) is 9.37 Å². The van der Waals surface area contributed by atoms with Crippen LogP contribution in [0.2, 0.25) is 0 Å². The zero-order valence-electron chi connectivity index (χ0n) is 20.4. The SMILES string of the molecule is CCc1c(C#N)c(SC(C(N)=O)c2ccc(F)cc2)nc(N2CCC(N(C)C)CC2)c1C#N.O=CO. The summed E-state index contributed by atoms with van der Waals surface area (Å²) in [4.78, 5) is 29.7. The molecule has 190 valence electrons. The van der Waals surface area contributed by atoms with Gasteiger partial charge in [-0.3, -0.25) is 9.59 Å². The van der Waals surface area contributed by atoms with Gasteiger partial charge in [0.15, 0.2) is 0 Å². The predicted molar refractivity (Wildman–Crippen MR) is 135 cm³/mol. The molecule has 0 saturated carbocycles. The zero-order chi connectivity index (χ0) is 26.8. The molecular weight excluding hydrogens is 483 g/mol. The summed E-state index contributed by atoms with van der Waals surface area (Å²) in [6.07, 6.45) is 2.34. The maximum absolute atomic E-state index is 13.4. The van der Waals surface area contributed by atoms with Crippen LogP contribution in [0.3, 0.4) is 0 Å². The Hall–Kier alpha value is -3.67. The highest BCUT2D eigenvalue weighted by atomic mass is 32.2. The number of nitrogens with two attached hydrogens (primary N) is 1. The molecule has 1 saturated heterocycles. The van der Waals surface area contributed by atoms with Crippen molar-refractivity contribution < 1.29 is 19.1 Å². The summed E-state index contributed by atoms with van der Waals surface area (Å²) in [5, 5.41) is 26.2. The number of rotatable bonds is 7. The molecule has 11 heteroatoms. The van der Waals surface area contributed by atoms with E-state index in [1.165, 1.54) is 24.3 Å². The van der Waals surface area contributed by atoms with Crippen LogP contribution >= 0.6 is 11.8 Å². The average molecular weight is 513 g/mol. The van der Waals surface area contributed by atoms with E-state index in [1.807, 2.05) is 6.92 Å². The Kier molecular flexibility index (Phi) is 10.7. The standard InChI is InChI=1S/C24H27FN6OS.CH2O2/c1-4-18-19(13-26)23(31-11-9-17(10-12-31)30(2)3)29-24(20(18)14-27)33-21(22(28)32)15-5-7-16(25)8-6-15;2-1-3/h5-8,17,21H,4,9-12H2,1-3H3,(H2,28,32);1H,(H,2,3). The first kappa shape index (κ1) is 28.6. The molecule has 0 bridgehead atoms. The molecule has 0 spiro atoms. The summed E-state index contributed by atoms with van der Waals surface area (Å²) in [6.45, 7) is 3.11. The molecule has 1 atom stereocenters. The van der Waals surface area contributed by atoms with Crippen LogP contribution in [0.5, 0.6) is 0 Å². The Morgan fingerprint density at radius 1 is 1.28 bits per heavy atom. The molecule has 2 aromatic rings. The number of benzene rings is 1. The van der Waals surface area contributed by atoms with E-state index in [9.17, 15) is 19.7 Å². The van der Waals surface area contributed by atoms with E-state index in [0.29, 0.717) is 40.0 Å². The first-order valence-corrected chi connectivity index (χ1v) is 12.2. The van der Waals surface area contributed by atoms with Crippen molar-refractivity contribution in [3.05, 3.63) is 52.3 Å². The lowest BCUT2D eigenvalue weighted by Gasteiger charge is -2.36. The molecule has 2 heterocycles. The van der Waals surface area contributed by atoms with Gasteiger partial charge in [-0.1, -0.05) is 30.8 Å². The second kappa shape index (κ2) is 13.4. The monoisotopic (exact) mass is 512 g/mol. The van der Waals surface area contributed by atoms with Crippen molar-refractivity contribution in [3.8, 4) is 12.1 Å². The highest BCUT2D eigenvalue weighted by Gasteiger charge is 2.29. The summed E-state index contributed by atoms with van der Waals surface area (Å²) in [7, 11) is 4.12. The number of pyridine rings is 1. The largest absolute Gasteiger partial charge is 0.483 e. The maximum Gasteiger partial charge on any atom is 0.290 e. The van der Waals surface area contributed by atoms with Crippen LogP contribution in [0.15, 0.2) is 29.3 Å². The molecule has 1 amide bonds. The van der Waals surface area contributed by atoms with Gasteiger partial charge in [-0.15, -0.1) is 0 Å². The van der Waals surface area contributed by atoms with E-state index in [2.05, 4.69) is 36.0 Å². The van der Waals surface area contributed by atoms with Gasteiger partial charge < -0.3 is 20.6 Å². The molecule has 3 rings (SSSR count). The van der Waals surface area contributed by atoms with Crippen LogP contribution in [-0.2, 0) is 16.0 Å². The van der Waals surface area contributed by atoms with Gasteiger partial charge in [0.1, 0.15) is 34.0 Å². The number of aromatic nitrogens is 1. The molecule has 1 aliphatic rings. The number of hydrogen-bond acceptors (Lipinski definition) is 8. The number of hydrogen-bond donors (Lipinski definition) is 2. The zero-order valence-corrected chi connectivity index (χ0v) is 21.3. The Labute approximate surface area is 214 Å². The molecule has 1 aromatic carbocycles. The van der Waals surface area contributed by atoms with Gasteiger partial charge in [-0.2, -0.15) is 10.5 Å². The Balaban J connectivity index is 0.00000145. The third-order valence-electron chi connectivity index (χ3n) is 5.98. The van der Waals surface area contributed by atoms with Crippen LogP contribution in [-0.4, -0.2) is 60.6 Å². The number of primary amides is 1. The van der Waals surface area contributed by atoms with Crippen LogP contribution in [0.25, 0.3) is 0 Å². The third-order valence-corrected chi connectivity index (χ3v) is 7.24. The van der Waals surface area contributed by atoms with Crippen molar-refractivity contribution in [2.45, 2.75) is 42.5 Å². The molecule has 1 aliphatic heterocycles. The van der Waals surface area contributed by atoms with Gasteiger partial charge in [0.2, 0.25) is 5.91 Å². The number of nitrogens with zero attached hydrogens (tertiary/aromatic N) is 5. The van der Waals surface area contributed by atoms with E-state index >= 15 is 0 Å². The minimum absolute atomic E-state index is 0.250. The summed E-state index contributed by atoms with van der Waals surface area (Å²) < 4.78 is 13.4. The Morgan fingerprint density at radius 2 is 1.83 bits per heavy atom. The lowest BCUT2D eigenvalue weighted by molar-refractivity contribution is -0.123. The van der Waals surface area contributed by atoms with Crippen LogP contribution < -0.4 is 10.6 Å². The number of piperidine rings is 1. The molecule has 1 unspecified atom stereocenters. The van der Waals surface area contributed by atoms with E-state index in [-0.39, 0.29) is 12.0 Å². The molecule has 3 N–H and O–H groups in total. The van der Waals surface area contributed by atoms with E-state index in [1.54, 1.807) is 0 Å². The smallest absolute Gasteiger partial charge is 0.290 e. The number of halogens is 1. The average Bonchev–Trinajstić information content (AvgIpc) is 2.87. The third kappa shape index (κ3) is 6.72. The van der Waals surface area contributed by atoms with E-state index in [4.69, 9.17) is 20.6 Å². The minimum Gasteiger partial charge on any atom is -0.483 e. The minimum atomic E-state index is -0.852. The molecule has 0 radical (unpaired) electrons. The lowest BCUT2D eigenvalue weighted by atomic mass is 9.99. The van der Waals surface area contributed by atoms with Crippen molar-refractivity contribution >= 4 is 30.0 Å². The molecule has 1 aromatic heterocycles. The van der Waals surface area contributed by atoms with Crippen LogP contribution in [0.1, 0.15) is 47.3 Å². The normalized spacial score (nSPS) is 14.2. The Morgan fingerprint density at radius 3 is 2.28 bits per heavy atom. The van der Waals surface area contributed by atoms with Gasteiger partial charge in [-0.05, 0) is 56.6 Å². The highest BCUT2D eigenvalue weighted by molar-refractivity contribution is 8.00. The van der Waals surface area contributed by atoms with Gasteiger partial charge in [0, 0.05) is 19.1 Å². The summed E-state index contributed by atoms with van der Waals surface area (Å²) >= 11 is 1.06. The van der Waals surface area contributed by atoms with E-state index in [0.717, 1.165) is 37.7 Å². The highest BCUT2D eigenvalue weighted by Crippen LogP contribution is 2.40. The van der Waals surface area contributed by atoms with Crippen LogP contribution in [0, 0.1) is 28.5 Å². The van der Waals surface area contributed by atoms with Crippen molar-refractivity contribution in [1.82, 2.24) is 9.88 Å². The second-order valence-electron chi connectivity index (χ2n) is 8.29. The molecular formula is C25H29FN6O3S. The first-order chi connectivity index (χ1) is 17.2. The summed E-state index contributed by atoms with van der Waals surface area (Å²) in [5.41, 5.74) is 7.48. The number of thioether (sulfide) groups is 1. The fourth-order valence-electron chi connectivity index (χ4n) is 4.13. The number of carbonyl (C=O) groups excluding carboxylic acids is 1. The molecule has 9 nitrogen and oxygen atoms in total. The number of amides is 1. The van der Waals surface area contributed by atoms with Gasteiger partial charge >= 0.3 is 0 Å². The van der Waals surface area contributed by atoms with E-state index < -0.39 is 17.0 Å². The van der Waals surface area contributed by atoms with Gasteiger partial charge in [0.25, 0.3) is 6.47 Å². The molecule has 36 heavy (non-hydrogen) atoms. The summed E-state index contributed by atoms with van der Waals surface area (Å²) in [6, 6.07) is 10.4. The lowest BCUT2D eigenvalue weighted by Crippen LogP contribution is -2.42. The summed E-state index contributed by atoms with van der Waals surface area (Å²) in [5.74, 6) is -0.499. The quantitative estimate of drug-likeness (QED) is 0.422. The first-order valence-electron chi connectivity index (χ1n) is 11.3. The number of carbonyl (C=O) groups is 2. The maximum atomic E-state index is 13.4. The molecule has 0 aliphatic carbocycles. The van der Waals surface area contributed by atoms with Crippen molar-refractivity contribution in [2.24, 2.45) is 5.73 Å². The fourth-order valence-corrected chi connectivity index (χ4v) is 5.19. The number of anilines is 1. The second-order valence-corrected chi connectivity index (χ2v) is 9.38. The molecule has 1 fully saturated rings. The predicted octanol–water partition coefficient (Wildman–Crippen LogP) is 3.08. The van der Waals surface area contributed by atoms with Crippen LogP contribution in [0.4, 0.5) is 10.2 Å². The van der Waals surface area contributed by atoms with Gasteiger partial charge in [0.05, 0.1) is 11.1 Å². The topological polar surface area (TPSA) is 147 Å².